The topological polar surface area (TPSA) is 81.4 Å². The number of benzene rings is 1. The smallest absolute Gasteiger partial charge is 0.241 e. The SMILES string of the molecule is CCOCC(NS(=O)(=O)c1cc(N)c(C)c(F)c1)C(C)C. The third-order valence-corrected chi connectivity index (χ3v) is 4.75. The Balaban J connectivity index is 3.04. The van der Waals surface area contributed by atoms with Gasteiger partial charge in [-0.15, -0.1) is 0 Å². The molecular formula is C14H23FN2O3S. The Morgan fingerprint density at radius 1 is 1.38 bits per heavy atom. The van der Waals surface area contributed by atoms with Crippen LogP contribution in [0.5, 0.6) is 0 Å². The molecule has 0 aromatic heterocycles. The van der Waals surface area contributed by atoms with Crippen molar-refractivity contribution in [3.63, 3.8) is 0 Å². The Kier molecular flexibility index (Phi) is 6.12. The maximum atomic E-state index is 13.7. The van der Waals surface area contributed by atoms with Crippen LogP contribution in [0.4, 0.5) is 10.1 Å². The average Bonchev–Trinajstić information content (AvgIpc) is 2.39. The van der Waals surface area contributed by atoms with E-state index in [2.05, 4.69) is 4.72 Å². The lowest BCUT2D eigenvalue weighted by Gasteiger charge is -2.22. The zero-order chi connectivity index (χ0) is 16.2. The first-order chi connectivity index (χ1) is 9.69. The Morgan fingerprint density at radius 3 is 2.48 bits per heavy atom. The number of halogens is 1. The lowest BCUT2D eigenvalue weighted by Crippen LogP contribution is -2.41. The second-order valence-electron chi connectivity index (χ2n) is 5.25. The highest BCUT2D eigenvalue weighted by Gasteiger charge is 2.24. The van der Waals surface area contributed by atoms with E-state index in [1.165, 1.54) is 13.0 Å². The summed E-state index contributed by atoms with van der Waals surface area (Å²) in [4.78, 5) is -0.176. The van der Waals surface area contributed by atoms with Crippen molar-refractivity contribution in [2.24, 2.45) is 5.92 Å². The van der Waals surface area contributed by atoms with Crippen LogP contribution in [-0.2, 0) is 14.8 Å². The monoisotopic (exact) mass is 318 g/mol. The lowest BCUT2D eigenvalue weighted by molar-refractivity contribution is 0.116. The van der Waals surface area contributed by atoms with Crippen LogP contribution in [0.1, 0.15) is 26.3 Å². The molecule has 0 bridgehead atoms. The molecule has 0 radical (unpaired) electrons. The summed E-state index contributed by atoms with van der Waals surface area (Å²) in [5.41, 5.74) is 5.98. The van der Waals surface area contributed by atoms with E-state index in [1.807, 2.05) is 20.8 Å². The van der Waals surface area contributed by atoms with Gasteiger partial charge in [-0.3, -0.25) is 0 Å². The van der Waals surface area contributed by atoms with Gasteiger partial charge in [0.2, 0.25) is 10.0 Å². The molecule has 5 nitrogen and oxygen atoms in total. The van der Waals surface area contributed by atoms with Crippen molar-refractivity contribution in [1.82, 2.24) is 4.72 Å². The summed E-state index contributed by atoms with van der Waals surface area (Å²) in [6, 6.07) is 1.85. The van der Waals surface area contributed by atoms with Crippen molar-refractivity contribution in [3.05, 3.63) is 23.5 Å². The minimum Gasteiger partial charge on any atom is -0.398 e. The number of hydrogen-bond donors (Lipinski definition) is 2. The summed E-state index contributed by atoms with van der Waals surface area (Å²) in [5, 5.41) is 0. The Hall–Kier alpha value is -1.18. The standard InChI is InChI=1S/C14H23FN2O3S/c1-5-20-8-14(9(2)3)17-21(18,19)11-6-12(15)10(4)13(16)7-11/h6-7,9,14,17H,5,8,16H2,1-4H3. The second-order valence-corrected chi connectivity index (χ2v) is 6.96. The fraction of sp³-hybridized carbons (Fsp3) is 0.571. The van der Waals surface area contributed by atoms with E-state index >= 15 is 0 Å². The third-order valence-electron chi connectivity index (χ3n) is 3.28. The van der Waals surface area contributed by atoms with E-state index in [4.69, 9.17) is 10.5 Å². The molecule has 0 saturated heterocycles. The molecule has 21 heavy (non-hydrogen) atoms. The molecule has 0 spiro atoms. The van der Waals surface area contributed by atoms with E-state index in [-0.39, 0.29) is 34.7 Å². The zero-order valence-electron chi connectivity index (χ0n) is 12.8. The minimum absolute atomic E-state index is 0.0407. The molecule has 3 N–H and O–H groups in total. The van der Waals surface area contributed by atoms with Crippen molar-refractivity contribution in [2.45, 2.75) is 38.6 Å². The second kappa shape index (κ2) is 7.20. The van der Waals surface area contributed by atoms with Gasteiger partial charge in [-0.2, -0.15) is 0 Å². The van der Waals surface area contributed by atoms with Crippen LogP contribution < -0.4 is 10.5 Å². The van der Waals surface area contributed by atoms with E-state index in [0.717, 1.165) is 6.07 Å². The molecule has 1 aromatic rings. The maximum absolute atomic E-state index is 13.7. The van der Waals surface area contributed by atoms with Gasteiger partial charge in [0.1, 0.15) is 5.82 Å². The molecule has 1 aromatic carbocycles. The van der Waals surface area contributed by atoms with Gasteiger partial charge in [-0.1, -0.05) is 13.8 Å². The summed E-state index contributed by atoms with van der Waals surface area (Å²) in [7, 11) is -3.85. The van der Waals surface area contributed by atoms with Crippen LogP contribution >= 0.6 is 0 Å². The number of nitrogens with two attached hydrogens (primary N) is 1. The fourth-order valence-corrected chi connectivity index (χ4v) is 3.12. The first kappa shape index (κ1) is 17.9. The van der Waals surface area contributed by atoms with Crippen molar-refractivity contribution in [3.8, 4) is 0 Å². The maximum Gasteiger partial charge on any atom is 0.241 e. The molecule has 0 aliphatic heterocycles. The van der Waals surface area contributed by atoms with Gasteiger partial charge in [-0.25, -0.2) is 17.5 Å². The molecule has 0 fully saturated rings. The largest absolute Gasteiger partial charge is 0.398 e. The first-order valence-corrected chi connectivity index (χ1v) is 8.33. The highest BCUT2D eigenvalue weighted by Crippen LogP contribution is 2.21. The lowest BCUT2D eigenvalue weighted by atomic mass is 10.1. The number of hydrogen-bond acceptors (Lipinski definition) is 4. The van der Waals surface area contributed by atoms with E-state index in [1.54, 1.807) is 0 Å². The van der Waals surface area contributed by atoms with Gasteiger partial charge in [0.15, 0.2) is 0 Å². The van der Waals surface area contributed by atoms with Gasteiger partial charge >= 0.3 is 0 Å². The van der Waals surface area contributed by atoms with Gasteiger partial charge in [0, 0.05) is 23.9 Å². The van der Waals surface area contributed by atoms with Crippen LogP contribution in [0.2, 0.25) is 0 Å². The van der Waals surface area contributed by atoms with E-state index in [0.29, 0.717) is 6.61 Å². The molecule has 0 amide bonds. The highest BCUT2D eigenvalue weighted by molar-refractivity contribution is 7.89. The zero-order valence-corrected chi connectivity index (χ0v) is 13.6. The quantitative estimate of drug-likeness (QED) is 0.754. The summed E-state index contributed by atoms with van der Waals surface area (Å²) in [5.74, 6) is -0.597. The molecular weight excluding hydrogens is 295 g/mol. The van der Waals surface area contributed by atoms with Crippen LogP contribution in [0.25, 0.3) is 0 Å². The highest BCUT2D eigenvalue weighted by atomic mass is 32.2. The molecule has 1 atom stereocenters. The van der Waals surface area contributed by atoms with Crippen LogP contribution in [0.3, 0.4) is 0 Å². The number of rotatable bonds is 7. The molecule has 0 aliphatic carbocycles. The number of nitrogen functional groups attached to an aromatic ring is 1. The van der Waals surface area contributed by atoms with Gasteiger partial charge in [0.05, 0.1) is 11.5 Å². The first-order valence-electron chi connectivity index (χ1n) is 6.84. The van der Waals surface area contributed by atoms with Crippen molar-refractivity contribution < 1.29 is 17.5 Å². The Bertz CT molecular complexity index is 565. The van der Waals surface area contributed by atoms with Gasteiger partial charge in [-0.05, 0) is 31.9 Å². The summed E-state index contributed by atoms with van der Waals surface area (Å²) in [6.45, 7) is 7.86. The number of anilines is 1. The molecule has 0 aliphatic rings. The molecule has 1 rings (SSSR count). The fourth-order valence-electron chi connectivity index (χ4n) is 1.70. The Morgan fingerprint density at radius 2 is 2.00 bits per heavy atom. The Labute approximate surface area is 125 Å². The van der Waals surface area contributed by atoms with Crippen LogP contribution in [0.15, 0.2) is 17.0 Å². The van der Waals surface area contributed by atoms with Crippen LogP contribution in [-0.4, -0.2) is 27.7 Å². The third kappa shape index (κ3) is 4.66. The molecule has 0 saturated carbocycles. The van der Waals surface area contributed by atoms with Crippen LogP contribution in [0, 0.1) is 18.7 Å². The van der Waals surface area contributed by atoms with E-state index in [9.17, 15) is 12.8 Å². The van der Waals surface area contributed by atoms with E-state index < -0.39 is 15.8 Å². The predicted octanol–water partition coefficient (Wildman–Crippen LogP) is 2.06. The predicted molar refractivity (Wildman–Crippen MR) is 81.0 cm³/mol. The summed E-state index contributed by atoms with van der Waals surface area (Å²) in [6.07, 6.45) is 0. The average molecular weight is 318 g/mol. The number of sulfonamides is 1. The van der Waals surface area contributed by atoms with Crippen molar-refractivity contribution in [1.29, 1.82) is 0 Å². The summed E-state index contributed by atoms with van der Waals surface area (Å²) >= 11 is 0. The number of ether oxygens (including phenoxy) is 1. The van der Waals surface area contributed by atoms with Gasteiger partial charge < -0.3 is 10.5 Å². The molecule has 7 heteroatoms. The molecule has 0 heterocycles. The minimum atomic E-state index is -3.85. The normalized spacial score (nSPS) is 13.6. The number of nitrogens with one attached hydrogen (secondary N) is 1. The molecule has 1 unspecified atom stereocenters. The summed E-state index contributed by atoms with van der Waals surface area (Å²) < 4.78 is 46.2. The van der Waals surface area contributed by atoms with Crippen molar-refractivity contribution >= 4 is 15.7 Å². The van der Waals surface area contributed by atoms with Crippen molar-refractivity contribution in [2.75, 3.05) is 18.9 Å². The molecule has 120 valence electrons. The van der Waals surface area contributed by atoms with Gasteiger partial charge in [0.25, 0.3) is 0 Å².